The van der Waals surface area contributed by atoms with Crippen molar-refractivity contribution in [3.05, 3.63) is 59.9 Å². The average Bonchev–Trinajstić information content (AvgIpc) is 2.53. The Kier molecular flexibility index (Phi) is 6.18. The zero-order valence-corrected chi connectivity index (χ0v) is 12.3. The number of anilines is 1. The minimum absolute atomic E-state index is 0.0838. The van der Waals surface area contributed by atoms with Crippen LogP contribution in [-0.4, -0.2) is 25.3 Å². The van der Waals surface area contributed by atoms with E-state index in [0.29, 0.717) is 5.56 Å². The summed E-state index contributed by atoms with van der Waals surface area (Å²) in [5.41, 5.74) is 0.548. The number of hydrogen-bond donors (Lipinski definition) is 1. The SMILES string of the molecule is O=C(CO/N=C\c1cccc(F)c1)Nc1ccccc1OC(F)F. The third kappa shape index (κ3) is 5.64. The molecule has 0 atom stereocenters. The molecule has 1 N–H and O–H groups in total. The standard InChI is InChI=1S/C16H13F3N2O3/c17-12-5-3-4-11(8-12)9-20-23-10-15(22)21-13-6-1-2-7-14(13)24-16(18)19/h1-9,16H,10H2,(H,21,22)/b20-9-. The third-order valence-electron chi connectivity index (χ3n) is 2.70. The maximum absolute atomic E-state index is 12.9. The van der Waals surface area contributed by atoms with Crippen molar-refractivity contribution >= 4 is 17.8 Å². The summed E-state index contributed by atoms with van der Waals surface area (Å²) in [5, 5.41) is 5.90. The fraction of sp³-hybridized carbons (Fsp3) is 0.125. The molecule has 0 bridgehead atoms. The van der Waals surface area contributed by atoms with Gasteiger partial charge in [0.25, 0.3) is 5.91 Å². The van der Waals surface area contributed by atoms with Crippen molar-refractivity contribution in [2.45, 2.75) is 6.61 Å². The molecule has 0 unspecified atom stereocenters. The lowest BCUT2D eigenvalue weighted by Crippen LogP contribution is -2.18. The number of nitrogens with one attached hydrogen (secondary N) is 1. The van der Waals surface area contributed by atoms with Gasteiger partial charge in [0, 0.05) is 0 Å². The van der Waals surface area contributed by atoms with E-state index in [1.807, 2.05) is 0 Å². The Balaban J connectivity index is 1.85. The zero-order valence-electron chi connectivity index (χ0n) is 12.3. The number of carbonyl (C=O) groups excluding carboxylic acids is 1. The summed E-state index contributed by atoms with van der Waals surface area (Å²) in [6, 6.07) is 11.4. The van der Waals surface area contributed by atoms with Crippen LogP contribution in [0.4, 0.5) is 18.9 Å². The van der Waals surface area contributed by atoms with Gasteiger partial charge >= 0.3 is 6.61 Å². The summed E-state index contributed by atoms with van der Waals surface area (Å²) < 4.78 is 41.8. The number of ether oxygens (including phenoxy) is 1. The van der Waals surface area contributed by atoms with Crippen LogP contribution in [0.5, 0.6) is 5.75 Å². The highest BCUT2D eigenvalue weighted by Crippen LogP contribution is 2.25. The summed E-state index contributed by atoms with van der Waals surface area (Å²) in [6.07, 6.45) is 1.24. The van der Waals surface area contributed by atoms with E-state index in [2.05, 4.69) is 15.2 Å². The van der Waals surface area contributed by atoms with Crippen LogP contribution in [0.2, 0.25) is 0 Å². The molecule has 0 fully saturated rings. The third-order valence-corrected chi connectivity index (χ3v) is 2.70. The molecule has 126 valence electrons. The molecule has 0 aliphatic carbocycles. The van der Waals surface area contributed by atoms with Crippen LogP contribution in [0.25, 0.3) is 0 Å². The molecule has 0 aromatic heterocycles. The summed E-state index contributed by atoms with van der Waals surface area (Å²) in [7, 11) is 0. The largest absolute Gasteiger partial charge is 0.433 e. The first-order chi connectivity index (χ1) is 11.5. The van der Waals surface area contributed by atoms with Crippen LogP contribution in [-0.2, 0) is 9.63 Å². The molecule has 0 heterocycles. The molecular formula is C16H13F3N2O3. The summed E-state index contributed by atoms with van der Waals surface area (Å²) in [6.45, 7) is -3.45. The topological polar surface area (TPSA) is 59.9 Å². The molecule has 0 aliphatic heterocycles. The van der Waals surface area contributed by atoms with Gasteiger partial charge in [0.1, 0.15) is 11.6 Å². The van der Waals surface area contributed by atoms with Gasteiger partial charge in [-0.1, -0.05) is 29.4 Å². The number of amides is 1. The van der Waals surface area contributed by atoms with Crippen molar-refractivity contribution in [1.82, 2.24) is 0 Å². The first-order valence-corrected chi connectivity index (χ1v) is 6.79. The van der Waals surface area contributed by atoms with Gasteiger partial charge in [0.15, 0.2) is 6.61 Å². The Bertz CT molecular complexity index is 723. The van der Waals surface area contributed by atoms with Crippen LogP contribution < -0.4 is 10.1 Å². The maximum Gasteiger partial charge on any atom is 0.387 e. The number of oxime groups is 1. The van der Waals surface area contributed by atoms with Gasteiger partial charge in [-0.25, -0.2) is 4.39 Å². The molecule has 0 radical (unpaired) electrons. The van der Waals surface area contributed by atoms with Gasteiger partial charge in [-0.05, 0) is 29.8 Å². The minimum atomic E-state index is -3.00. The fourth-order valence-corrected chi connectivity index (χ4v) is 1.74. The average molecular weight is 338 g/mol. The van der Waals surface area contributed by atoms with Crippen LogP contribution >= 0.6 is 0 Å². The molecule has 1 amide bonds. The molecule has 0 spiro atoms. The van der Waals surface area contributed by atoms with Crippen LogP contribution in [0.3, 0.4) is 0 Å². The number of para-hydroxylation sites is 2. The molecule has 0 saturated carbocycles. The van der Waals surface area contributed by atoms with Crippen LogP contribution in [0.15, 0.2) is 53.7 Å². The van der Waals surface area contributed by atoms with Gasteiger partial charge < -0.3 is 14.9 Å². The van der Waals surface area contributed by atoms with Gasteiger partial charge in [-0.15, -0.1) is 0 Å². The molecule has 0 saturated heterocycles. The Hall–Kier alpha value is -3.03. The fourth-order valence-electron chi connectivity index (χ4n) is 1.74. The zero-order chi connectivity index (χ0) is 17.4. The Morgan fingerprint density at radius 3 is 2.75 bits per heavy atom. The van der Waals surface area contributed by atoms with Gasteiger partial charge in [0.05, 0.1) is 11.9 Å². The van der Waals surface area contributed by atoms with Crippen LogP contribution in [0, 0.1) is 5.82 Å². The predicted molar refractivity (Wildman–Crippen MR) is 81.6 cm³/mol. The second kappa shape index (κ2) is 8.56. The summed E-state index contributed by atoms with van der Waals surface area (Å²) in [4.78, 5) is 16.5. The second-order valence-electron chi connectivity index (χ2n) is 4.49. The van der Waals surface area contributed by atoms with E-state index in [0.717, 1.165) is 0 Å². The van der Waals surface area contributed by atoms with Gasteiger partial charge in [0.2, 0.25) is 0 Å². The smallest absolute Gasteiger partial charge is 0.387 e. The summed E-state index contributed by atoms with van der Waals surface area (Å²) in [5.74, 6) is -1.20. The predicted octanol–water partition coefficient (Wildman–Crippen LogP) is 3.42. The number of carbonyl (C=O) groups is 1. The molecule has 2 aromatic carbocycles. The number of hydrogen-bond acceptors (Lipinski definition) is 4. The van der Waals surface area contributed by atoms with Crippen molar-refractivity contribution in [2.24, 2.45) is 5.16 Å². The van der Waals surface area contributed by atoms with Gasteiger partial charge in [-0.2, -0.15) is 8.78 Å². The molecule has 2 rings (SSSR count). The molecule has 0 aliphatic rings. The van der Waals surface area contributed by atoms with E-state index in [-0.39, 0.29) is 11.4 Å². The van der Waals surface area contributed by atoms with E-state index in [4.69, 9.17) is 4.84 Å². The lowest BCUT2D eigenvalue weighted by Gasteiger charge is -2.11. The van der Waals surface area contributed by atoms with Gasteiger partial charge in [-0.3, -0.25) is 4.79 Å². The van der Waals surface area contributed by atoms with E-state index < -0.39 is 24.9 Å². The Morgan fingerprint density at radius 1 is 1.21 bits per heavy atom. The number of nitrogens with zero attached hydrogens (tertiary/aromatic N) is 1. The minimum Gasteiger partial charge on any atom is -0.433 e. The van der Waals surface area contributed by atoms with E-state index in [1.165, 1.54) is 42.6 Å². The molecule has 8 heteroatoms. The maximum atomic E-state index is 12.9. The first kappa shape index (κ1) is 17.3. The van der Waals surface area contributed by atoms with Crippen molar-refractivity contribution in [3.63, 3.8) is 0 Å². The Morgan fingerprint density at radius 2 is 2.00 bits per heavy atom. The molecule has 24 heavy (non-hydrogen) atoms. The van der Waals surface area contributed by atoms with Crippen molar-refractivity contribution in [3.8, 4) is 5.75 Å². The molecule has 5 nitrogen and oxygen atoms in total. The highest BCUT2D eigenvalue weighted by Gasteiger charge is 2.11. The second-order valence-corrected chi connectivity index (χ2v) is 4.49. The monoisotopic (exact) mass is 338 g/mol. The van der Waals surface area contributed by atoms with Crippen molar-refractivity contribution in [2.75, 3.05) is 11.9 Å². The Labute approximate surface area is 135 Å². The normalized spacial score (nSPS) is 10.8. The van der Waals surface area contributed by atoms with Crippen molar-refractivity contribution in [1.29, 1.82) is 0 Å². The first-order valence-electron chi connectivity index (χ1n) is 6.79. The number of rotatable bonds is 7. The van der Waals surface area contributed by atoms with Crippen LogP contribution in [0.1, 0.15) is 5.56 Å². The lowest BCUT2D eigenvalue weighted by atomic mass is 10.2. The lowest BCUT2D eigenvalue weighted by molar-refractivity contribution is -0.120. The quantitative estimate of drug-likeness (QED) is 0.622. The highest BCUT2D eigenvalue weighted by atomic mass is 19.3. The summed E-state index contributed by atoms with van der Waals surface area (Å²) >= 11 is 0. The molecular weight excluding hydrogens is 325 g/mol. The van der Waals surface area contributed by atoms with E-state index in [9.17, 15) is 18.0 Å². The number of benzene rings is 2. The van der Waals surface area contributed by atoms with Crippen molar-refractivity contribution < 1.29 is 27.5 Å². The number of alkyl halides is 2. The highest BCUT2D eigenvalue weighted by molar-refractivity contribution is 5.93. The van der Waals surface area contributed by atoms with E-state index in [1.54, 1.807) is 12.1 Å². The van der Waals surface area contributed by atoms with E-state index >= 15 is 0 Å². The molecule has 2 aromatic rings. The number of halogens is 3.